The quantitative estimate of drug-likeness (QED) is 0.656. The normalized spacial score (nSPS) is 23.0. The number of Topliss-reactive ketones (excluding diaryl/α,β-unsaturated/α-hetero) is 1. The van der Waals surface area contributed by atoms with E-state index in [4.69, 9.17) is 26.1 Å². The smallest absolute Gasteiger partial charge is 0.143 e. The summed E-state index contributed by atoms with van der Waals surface area (Å²) >= 11 is 6.44. The highest BCUT2D eigenvalue weighted by Crippen LogP contribution is 2.28. The third kappa shape index (κ3) is 6.04. The number of ketones is 1. The Balaban J connectivity index is 1.41. The second-order valence-corrected chi connectivity index (χ2v) is 9.54. The number of anilines is 1. The largest absolute Gasteiger partial charge is 0.371 e. The highest BCUT2D eigenvalue weighted by Gasteiger charge is 2.28. The second-order valence-electron chi connectivity index (χ2n) is 9.13. The molecular weight excluding hydrogens is 428 g/mol. The summed E-state index contributed by atoms with van der Waals surface area (Å²) in [6, 6.07) is 7.63. The predicted molar refractivity (Wildman–Crippen MR) is 125 cm³/mol. The number of hydrogen-bond donors (Lipinski definition) is 2. The van der Waals surface area contributed by atoms with E-state index in [1.54, 1.807) is 6.20 Å². The van der Waals surface area contributed by atoms with Crippen LogP contribution in [0.3, 0.4) is 0 Å². The van der Waals surface area contributed by atoms with Crippen molar-refractivity contribution in [3.8, 4) is 11.3 Å². The molecule has 0 aromatic carbocycles. The monoisotopic (exact) mass is 458 g/mol. The molecule has 2 aromatic rings. The van der Waals surface area contributed by atoms with Gasteiger partial charge in [-0.2, -0.15) is 0 Å². The lowest BCUT2D eigenvalue weighted by Crippen LogP contribution is -2.44. The topological polar surface area (TPSA) is 85.4 Å². The number of nitrogens with zero attached hydrogens (tertiary/aromatic N) is 2. The highest BCUT2D eigenvalue weighted by atomic mass is 35.5. The summed E-state index contributed by atoms with van der Waals surface area (Å²) in [5, 5.41) is 7.13. The molecule has 2 saturated heterocycles. The molecule has 0 aliphatic carbocycles. The Morgan fingerprint density at radius 1 is 1.38 bits per heavy atom. The van der Waals surface area contributed by atoms with Gasteiger partial charge in [0.1, 0.15) is 11.6 Å². The summed E-state index contributed by atoms with van der Waals surface area (Å²) < 4.78 is 11.7. The number of piperidine rings is 1. The number of aromatic nitrogens is 2. The lowest BCUT2D eigenvalue weighted by Gasteiger charge is -2.35. The first kappa shape index (κ1) is 23.1. The van der Waals surface area contributed by atoms with Crippen molar-refractivity contribution in [1.82, 2.24) is 15.3 Å². The zero-order valence-electron chi connectivity index (χ0n) is 18.7. The molecule has 0 amide bonds. The lowest BCUT2D eigenvalue weighted by molar-refractivity contribution is -0.170. The first-order valence-electron chi connectivity index (χ1n) is 11.2. The van der Waals surface area contributed by atoms with Crippen molar-refractivity contribution < 1.29 is 14.3 Å². The van der Waals surface area contributed by atoms with Gasteiger partial charge in [0, 0.05) is 42.9 Å². The third-order valence-corrected chi connectivity index (χ3v) is 6.18. The Hall–Kier alpha value is -2.06. The van der Waals surface area contributed by atoms with Crippen LogP contribution in [0.15, 0.2) is 30.5 Å². The first-order valence-corrected chi connectivity index (χ1v) is 11.6. The minimum atomic E-state index is -0.237. The van der Waals surface area contributed by atoms with E-state index in [-0.39, 0.29) is 23.4 Å². The van der Waals surface area contributed by atoms with Crippen molar-refractivity contribution in [1.29, 1.82) is 0 Å². The van der Waals surface area contributed by atoms with Crippen LogP contribution in [-0.4, -0.2) is 60.3 Å². The first-order chi connectivity index (χ1) is 15.4. The Morgan fingerprint density at radius 2 is 2.25 bits per heavy atom. The molecule has 0 saturated carbocycles. The fourth-order valence-corrected chi connectivity index (χ4v) is 4.17. The molecule has 4 heterocycles. The van der Waals surface area contributed by atoms with Crippen molar-refractivity contribution in [2.24, 2.45) is 5.92 Å². The van der Waals surface area contributed by atoms with Crippen LogP contribution in [0.1, 0.15) is 32.4 Å². The summed E-state index contributed by atoms with van der Waals surface area (Å²) in [4.78, 5) is 21.8. The Bertz CT molecular complexity index is 937. The summed E-state index contributed by atoms with van der Waals surface area (Å²) in [5.41, 5.74) is 1.99. The molecule has 2 N–H and O–H groups in total. The SMILES string of the molecule is CC1(C)CO[C@H](CNc2cccc(-c3cc(CC(=O)[C@@H]4CCCNC4)ncc3Cl)n2)CO1. The molecule has 0 bridgehead atoms. The third-order valence-electron chi connectivity index (χ3n) is 5.88. The number of pyridine rings is 2. The van der Waals surface area contributed by atoms with Crippen molar-refractivity contribution in [3.05, 3.63) is 41.2 Å². The van der Waals surface area contributed by atoms with Gasteiger partial charge in [-0.1, -0.05) is 17.7 Å². The fraction of sp³-hybridized carbons (Fsp3) is 0.542. The number of hydrogen-bond acceptors (Lipinski definition) is 7. The van der Waals surface area contributed by atoms with E-state index < -0.39 is 0 Å². The van der Waals surface area contributed by atoms with Crippen molar-refractivity contribution in [2.45, 2.75) is 44.8 Å². The van der Waals surface area contributed by atoms with Crippen molar-refractivity contribution in [3.63, 3.8) is 0 Å². The van der Waals surface area contributed by atoms with E-state index in [1.165, 1.54) is 0 Å². The average Bonchev–Trinajstić information content (AvgIpc) is 2.80. The Morgan fingerprint density at radius 3 is 3.00 bits per heavy atom. The summed E-state index contributed by atoms with van der Waals surface area (Å²) in [6.45, 7) is 7.50. The molecule has 0 unspecified atom stereocenters. The van der Waals surface area contributed by atoms with Crippen LogP contribution in [-0.2, 0) is 20.7 Å². The number of carbonyl (C=O) groups excluding carboxylic acids is 1. The minimum absolute atomic E-state index is 0.0233. The number of carbonyl (C=O) groups is 1. The second kappa shape index (κ2) is 10.3. The molecule has 2 atom stereocenters. The fourth-order valence-electron chi connectivity index (χ4n) is 3.97. The molecule has 0 spiro atoms. The van der Waals surface area contributed by atoms with Gasteiger partial charge in [-0.15, -0.1) is 0 Å². The van der Waals surface area contributed by atoms with E-state index in [0.29, 0.717) is 31.2 Å². The minimum Gasteiger partial charge on any atom is -0.371 e. The van der Waals surface area contributed by atoms with Crippen LogP contribution in [0, 0.1) is 5.92 Å². The highest BCUT2D eigenvalue weighted by molar-refractivity contribution is 6.33. The lowest BCUT2D eigenvalue weighted by atomic mass is 9.92. The van der Waals surface area contributed by atoms with E-state index in [1.807, 2.05) is 38.1 Å². The van der Waals surface area contributed by atoms with Crippen LogP contribution < -0.4 is 10.6 Å². The van der Waals surface area contributed by atoms with Gasteiger partial charge >= 0.3 is 0 Å². The van der Waals surface area contributed by atoms with E-state index in [0.717, 1.165) is 48.7 Å². The van der Waals surface area contributed by atoms with E-state index in [2.05, 4.69) is 15.6 Å². The molecule has 32 heavy (non-hydrogen) atoms. The van der Waals surface area contributed by atoms with Gasteiger partial charge in [0.25, 0.3) is 0 Å². The van der Waals surface area contributed by atoms with Gasteiger partial charge in [-0.25, -0.2) is 4.98 Å². The predicted octanol–water partition coefficient (Wildman–Crippen LogP) is 3.51. The van der Waals surface area contributed by atoms with Crippen LogP contribution >= 0.6 is 11.6 Å². The molecule has 172 valence electrons. The molecule has 2 aromatic heterocycles. The summed E-state index contributed by atoms with van der Waals surface area (Å²) in [7, 11) is 0. The van der Waals surface area contributed by atoms with E-state index >= 15 is 0 Å². The Kier molecular flexibility index (Phi) is 7.40. The van der Waals surface area contributed by atoms with E-state index in [9.17, 15) is 4.79 Å². The van der Waals surface area contributed by atoms with Crippen LogP contribution in [0.2, 0.25) is 5.02 Å². The molecule has 7 nitrogen and oxygen atoms in total. The van der Waals surface area contributed by atoms with Crippen LogP contribution in [0.4, 0.5) is 5.82 Å². The molecule has 0 radical (unpaired) electrons. The maximum atomic E-state index is 12.7. The number of ether oxygens (including phenoxy) is 2. The molecular formula is C24H31ClN4O3. The summed E-state index contributed by atoms with van der Waals surface area (Å²) in [6.07, 6.45) is 3.87. The molecule has 4 rings (SSSR count). The van der Waals surface area contributed by atoms with Crippen molar-refractivity contribution in [2.75, 3.05) is 38.2 Å². The van der Waals surface area contributed by atoms with Gasteiger partial charge in [0.15, 0.2) is 0 Å². The van der Waals surface area contributed by atoms with Gasteiger partial charge in [0.05, 0.1) is 35.6 Å². The number of rotatable bonds is 7. The summed E-state index contributed by atoms with van der Waals surface area (Å²) in [5.74, 6) is 1.01. The standard InChI is InChI=1S/C24H31ClN4O3/c1-24(2)15-31-18(14-32-24)12-28-23-7-3-6-21(29-23)19-9-17(27-13-20(19)25)10-22(30)16-5-4-8-26-11-16/h3,6-7,9,13,16,18,26H,4-5,8,10-12,14-15H2,1-2H3,(H,28,29)/t16-,18-/m1/s1. The maximum Gasteiger partial charge on any atom is 0.143 e. The molecule has 2 aliphatic rings. The van der Waals surface area contributed by atoms with Crippen molar-refractivity contribution >= 4 is 23.2 Å². The van der Waals surface area contributed by atoms with Crippen LogP contribution in [0.5, 0.6) is 0 Å². The van der Waals surface area contributed by atoms with Gasteiger partial charge in [-0.05, 0) is 51.4 Å². The van der Waals surface area contributed by atoms with Gasteiger partial charge in [0.2, 0.25) is 0 Å². The maximum absolute atomic E-state index is 12.7. The number of halogens is 1. The molecule has 8 heteroatoms. The van der Waals surface area contributed by atoms with Crippen LogP contribution in [0.25, 0.3) is 11.3 Å². The zero-order valence-corrected chi connectivity index (χ0v) is 19.5. The zero-order chi connectivity index (χ0) is 22.6. The number of nitrogens with one attached hydrogen (secondary N) is 2. The molecule has 2 aliphatic heterocycles. The Labute approximate surface area is 194 Å². The van der Waals surface area contributed by atoms with Gasteiger partial charge in [-0.3, -0.25) is 9.78 Å². The average molecular weight is 459 g/mol. The van der Waals surface area contributed by atoms with Gasteiger partial charge < -0.3 is 20.1 Å². The molecule has 2 fully saturated rings.